The third-order valence-electron chi connectivity index (χ3n) is 4.21. The van der Waals surface area contributed by atoms with Gasteiger partial charge in [0.25, 0.3) is 12.0 Å². The first-order valence-electron chi connectivity index (χ1n) is 7.50. The summed E-state index contributed by atoms with van der Waals surface area (Å²) < 4.78 is 28.2. The summed E-state index contributed by atoms with van der Waals surface area (Å²) >= 11 is 5.91. The summed E-state index contributed by atoms with van der Waals surface area (Å²) in [7, 11) is 0. The summed E-state index contributed by atoms with van der Waals surface area (Å²) in [6.45, 7) is 2.48. The molecule has 1 aliphatic carbocycles. The van der Waals surface area contributed by atoms with E-state index in [2.05, 4.69) is 11.2 Å². The minimum Gasteiger partial charge on any atom is -0.313 e. The molecular weight excluding hydrogens is 338 g/mol. The molecule has 5 nitrogen and oxygen atoms in total. The van der Waals surface area contributed by atoms with Gasteiger partial charge in [-0.2, -0.15) is 10.4 Å². The van der Waals surface area contributed by atoms with Crippen molar-refractivity contribution in [3.63, 3.8) is 0 Å². The standard InChI is InChI=1S/C16H15ClF2N4O/c1-9-2-10(7-23-14(17)5-13(21-23)16(18)19)3-15(24)22(9)8-12-4-11(12)6-20/h2-3,5,11-12,16H,4,7-8H2,1H3/t11-,12-/m1/s1. The van der Waals surface area contributed by atoms with Gasteiger partial charge in [-0.05, 0) is 30.9 Å². The molecule has 2 aromatic rings. The van der Waals surface area contributed by atoms with E-state index in [9.17, 15) is 13.6 Å². The van der Waals surface area contributed by atoms with Crippen molar-refractivity contribution in [3.05, 3.63) is 50.7 Å². The number of alkyl halides is 2. The van der Waals surface area contributed by atoms with Crippen molar-refractivity contribution in [2.75, 3.05) is 0 Å². The molecule has 8 heteroatoms. The summed E-state index contributed by atoms with van der Waals surface area (Å²) in [5.74, 6) is 0.262. The Morgan fingerprint density at radius 1 is 1.46 bits per heavy atom. The molecule has 1 aliphatic rings. The minimum atomic E-state index is -2.69. The predicted octanol–water partition coefficient (Wildman–Crippen LogP) is 3.15. The quantitative estimate of drug-likeness (QED) is 0.830. The Balaban J connectivity index is 1.80. The molecule has 0 bridgehead atoms. The minimum absolute atomic E-state index is 0.0339. The first-order valence-corrected chi connectivity index (χ1v) is 7.88. The predicted molar refractivity (Wildman–Crippen MR) is 83.9 cm³/mol. The van der Waals surface area contributed by atoms with Crippen LogP contribution >= 0.6 is 11.6 Å². The molecule has 0 spiro atoms. The molecule has 0 aliphatic heterocycles. The molecule has 0 aromatic carbocycles. The van der Waals surface area contributed by atoms with E-state index in [4.69, 9.17) is 16.9 Å². The van der Waals surface area contributed by atoms with Gasteiger partial charge >= 0.3 is 0 Å². The zero-order valence-electron chi connectivity index (χ0n) is 12.9. The van der Waals surface area contributed by atoms with Gasteiger partial charge in [-0.3, -0.25) is 4.79 Å². The van der Waals surface area contributed by atoms with Crippen molar-refractivity contribution in [2.24, 2.45) is 11.8 Å². The second kappa shape index (κ2) is 6.36. The summed E-state index contributed by atoms with van der Waals surface area (Å²) in [5.41, 5.74) is 0.845. The van der Waals surface area contributed by atoms with Gasteiger partial charge in [0.05, 0.1) is 18.5 Å². The van der Waals surface area contributed by atoms with Gasteiger partial charge in [-0.25, -0.2) is 13.5 Å². The summed E-state index contributed by atoms with van der Waals surface area (Å²) in [6.07, 6.45) is -1.87. The molecule has 3 rings (SSSR count). The molecule has 1 saturated carbocycles. The lowest BCUT2D eigenvalue weighted by Crippen LogP contribution is -2.24. The molecule has 0 amide bonds. The van der Waals surface area contributed by atoms with Crippen molar-refractivity contribution < 1.29 is 8.78 Å². The number of aryl methyl sites for hydroxylation is 1. The van der Waals surface area contributed by atoms with E-state index < -0.39 is 6.43 Å². The maximum atomic E-state index is 12.7. The van der Waals surface area contributed by atoms with E-state index in [0.717, 1.165) is 18.2 Å². The van der Waals surface area contributed by atoms with Crippen LogP contribution in [0.15, 0.2) is 23.0 Å². The maximum absolute atomic E-state index is 12.7. The zero-order chi connectivity index (χ0) is 17.4. The van der Waals surface area contributed by atoms with Crippen LogP contribution in [0.25, 0.3) is 0 Å². The fourth-order valence-electron chi connectivity index (χ4n) is 2.77. The number of hydrogen-bond acceptors (Lipinski definition) is 3. The van der Waals surface area contributed by atoms with Crippen LogP contribution in [0.4, 0.5) is 8.78 Å². The van der Waals surface area contributed by atoms with Crippen LogP contribution in [-0.4, -0.2) is 14.3 Å². The van der Waals surface area contributed by atoms with Crippen LogP contribution in [0.1, 0.15) is 29.8 Å². The van der Waals surface area contributed by atoms with E-state index in [1.807, 2.05) is 13.0 Å². The summed E-state index contributed by atoms with van der Waals surface area (Å²) in [6, 6.07) is 6.59. The first kappa shape index (κ1) is 16.7. The van der Waals surface area contributed by atoms with E-state index in [1.54, 1.807) is 4.57 Å². The highest BCUT2D eigenvalue weighted by molar-refractivity contribution is 6.29. The molecule has 2 atom stereocenters. The van der Waals surface area contributed by atoms with E-state index in [-0.39, 0.29) is 34.8 Å². The topological polar surface area (TPSA) is 63.6 Å². The highest BCUT2D eigenvalue weighted by Crippen LogP contribution is 2.38. The lowest BCUT2D eigenvalue weighted by molar-refractivity contribution is 0.145. The highest BCUT2D eigenvalue weighted by Gasteiger charge is 2.37. The summed E-state index contributed by atoms with van der Waals surface area (Å²) in [5, 5.41) is 12.7. The number of rotatable bonds is 5. The Morgan fingerprint density at radius 2 is 2.21 bits per heavy atom. The van der Waals surface area contributed by atoms with Crippen molar-refractivity contribution in [1.29, 1.82) is 5.26 Å². The van der Waals surface area contributed by atoms with Crippen molar-refractivity contribution in [3.8, 4) is 6.07 Å². The normalized spacial score (nSPS) is 19.5. The van der Waals surface area contributed by atoms with Gasteiger partial charge in [0, 0.05) is 24.4 Å². The van der Waals surface area contributed by atoms with Crippen LogP contribution in [0.5, 0.6) is 0 Å². The molecule has 0 N–H and O–H groups in total. The fourth-order valence-corrected chi connectivity index (χ4v) is 2.98. The number of pyridine rings is 1. The Kier molecular flexibility index (Phi) is 4.41. The molecule has 2 heterocycles. The number of aromatic nitrogens is 3. The second-order valence-electron chi connectivity index (χ2n) is 6.04. The Labute approximate surface area is 142 Å². The van der Waals surface area contributed by atoms with Crippen LogP contribution in [-0.2, 0) is 13.1 Å². The van der Waals surface area contributed by atoms with Gasteiger partial charge in [-0.15, -0.1) is 0 Å². The molecule has 2 aromatic heterocycles. The van der Waals surface area contributed by atoms with E-state index in [0.29, 0.717) is 12.1 Å². The fraction of sp³-hybridized carbons (Fsp3) is 0.438. The van der Waals surface area contributed by atoms with E-state index >= 15 is 0 Å². The van der Waals surface area contributed by atoms with Crippen LogP contribution in [0, 0.1) is 30.1 Å². The van der Waals surface area contributed by atoms with Gasteiger partial charge in [-0.1, -0.05) is 11.6 Å². The molecule has 1 fully saturated rings. The lowest BCUT2D eigenvalue weighted by Gasteiger charge is -2.11. The molecule has 0 saturated heterocycles. The van der Waals surface area contributed by atoms with Crippen molar-refractivity contribution in [1.82, 2.24) is 14.3 Å². The average Bonchev–Trinajstić information content (AvgIpc) is 3.18. The number of nitriles is 1. The number of halogens is 3. The van der Waals surface area contributed by atoms with Gasteiger partial charge in [0.15, 0.2) is 0 Å². The Morgan fingerprint density at radius 3 is 2.75 bits per heavy atom. The van der Waals surface area contributed by atoms with Crippen LogP contribution in [0.3, 0.4) is 0 Å². The number of nitrogens with zero attached hydrogens (tertiary/aromatic N) is 4. The van der Waals surface area contributed by atoms with Gasteiger partial charge in [0.1, 0.15) is 10.8 Å². The third kappa shape index (κ3) is 3.34. The lowest BCUT2D eigenvalue weighted by atomic mass is 10.2. The highest BCUT2D eigenvalue weighted by atomic mass is 35.5. The first-order chi connectivity index (χ1) is 11.4. The SMILES string of the molecule is Cc1cc(Cn2nc(C(F)F)cc2Cl)cc(=O)n1C[C@H]1C[C@@H]1C#N. The second-order valence-corrected chi connectivity index (χ2v) is 6.42. The molecule has 0 radical (unpaired) electrons. The molecule has 24 heavy (non-hydrogen) atoms. The Bertz CT molecular complexity index is 868. The van der Waals surface area contributed by atoms with Crippen LogP contribution < -0.4 is 5.56 Å². The zero-order valence-corrected chi connectivity index (χ0v) is 13.7. The van der Waals surface area contributed by atoms with Crippen molar-refractivity contribution >= 4 is 11.6 Å². The third-order valence-corrected chi connectivity index (χ3v) is 4.51. The largest absolute Gasteiger partial charge is 0.313 e. The van der Waals surface area contributed by atoms with Crippen molar-refractivity contribution in [2.45, 2.75) is 32.9 Å². The Hall–Kier alpha value is -2.20. The van der Waals surface area contributed by atoms with Gasteiger partial charge in [0.2, 0.25) is 0 Å². The monoisotopic (exact) mass is 352 g/mol. The smallest absolute Gasteiger partial charge is 0.282 e. The van der Waals surface area contributed by atoms with Crippen LogP contribution in [0.2, 0.25) is 5.15 Å². The van der Waals surface area contributed by atoms with Gasteiger partial charge < -0.3 is 4.57 Å². The molecule has 0 unspecified atom stereocenters. The maximum Gasteiger partial charge on any atom is 0.282 e. The number of hydrogen-bond donors (Lipinski definition) is 0. The molecular formula is C16H15ClF2N4O. The average molecular weight is 353 g/mol. The molecule has 126 valence electrons. The summed E-state index contributed by atoms with van der Waals surface area (Å²) in [4.78, 5) is 12.3. The van der Waals surface area contributed by atoms with E-state index in [1.165, 1.54) is 10.7 Å².